The fraction of sp³-hybridized carbons (Fsp3) is 0.905. The Morgan fingerprint density at radius 2 is 1.25 bits per heavy atom. The van der Waals surface area contributed by atoms with Crippen LogP contribution in [0.4, 0.5) is 0 Å². The zero-order chi connectivity index (χ0) is 18.3. The van der Waals surface area contributed by atoms with Gasteiger partial charge in [-0.05, 0) is 12.8 Å². The second kappa shape index (κ2) is 14.9. The molecule has 0 saturated heterocycles. The SMILES string of the molecule is CCCCCCCCCCCCC/C=C/[C@H](O)[C@@H](CO)[N+](C)(C)C. The van der Waals surface area contributed by atoms with Gasteiger partial charge in [0.05, 0.1) is 27.7 Å². The average molecular weight is 343 g/mol. The Bertz CT molecular complexity index is 297. The van der Waals surface area contributed by atoms with Gasteiger partial charge >= 0.3 is 0 Å². The molecule has 0 amide bonds. The second-order valence-electron chi connectivity index (χ2n) is 8.11. The Kier molecular flexibility index (Phi) is 14.7. The molecule has 0 aromatic rings. The van der Waals surface area contributed by atoms with E-state index in [1.165, 1.54) is 70.6 Å². The summed E-state index contributed by atoms with van der Waals surface area (Å²) in [6.07, 6.45) is 19.4. The van der Waals surface area contributed by atoms with Crippen LogP contribution >= 0.6 is 0 Å². The maximum Gasteiger partial charge on any atom is 0.142 e. The summed E-state index contributed by atoms with van der Waals surface area (Å²) in [7, 11) is 6.01. The van der Waals surface area contributed by atoms with Gasteiger partial charge in [-0.2, -0.15) is 0 Å². The molecule has 0 saturated carbocycles. The van der Waals surface area contributed by atoms with Crippen LogP contribution in [-0.4, -0.2) is 54.6 Å². The minimum Gasteiger partial charge on any atom is -0.390 e. The first-order valence-corrected chi connectivity index (χ1v) is 10.2. The molecule has 0 heterocycles. The lowest BCUT2D eigenvalue weighted by molar-refractivity contribution is -0.899. The lowest BCUT2D eigenvalue weighted by Gasteiger charge is -2.34. The van der Waals surface area contributed by atoms with Gasteiger partial charge in [-0.1, -0.05) is 83.3 Å². The summed E-state index contributed by atoms with van der Waals surface area (Å²) < 4.78 is 0.570. The highest BCUT2D eigenvalue weighted by atomic mass is 16.3. The molecular weight excluding hydrogens is 298 g/mol. The van der Waals surface area contributed by atoms with Crippen LogP contribution in [-0.2, 0) is 0 Å². The largest absolute Gasteiger partial charge is 0.390 e. The van der Waals surface area contributed by atoms with E-state index in [2.05, 4.69) is 13.0 Å². The van der Waals surface area contributed by atoms with Gasteiger partial charge in [-0.15, -0.1) is 0 Å². The van der Waals surface area contributed by atoms with E-state index in [0.717, 1.165) is 6.42 Å². The van der Waals surface area contributed by atoms with Crippen LogP contribution in [0.2, 0.25) is 0 Å². The highest BCUT2D eigenvalue weighted by Crippen LogP contribution is 2.13. The molecule has 2 N–H and O–H groups in total. The van der Waals surface area contributed by atoms with Crippen LogP contribution in [0.5, 0.6) is 0 Å². The van der Waals surface area contributed by atoms with Crippen molar-refractivity contribution in [1.82, 2.24) is 0 Å². The number of nitrogens with zero attached hydrogens (tertiary/aromatic N) is 1. The first kappa shape index (κ1) is 23.6. The molecule has 0 unspecified atom stereocenters. The van der Waals surface area contributed by atoms with Crippen molar-refractivity contribution in [3.63, 3.8) is 0 Å². The third-order valence-corrected chi connectivity index (χ3v) is 4.88. The molecule has 0 bridgehead atoms. The molecule has 0 radical (unpaired) electrons. The van der Waals surface area contributed by atoms with Crippen LogP contribution in [0.25, 0.3) is 0 Å². The molecule has 3 heteroatoms. The Labute approximate surface area is 151 Å². The van der Waals surface area contributed by atoms with E-state index in [0.29, 0.717) is 4.48 Å². The van der Waals surface area contributed by atoms with Gasteiger partial charge in [0.2, 0.25) is 0 Å². The van der Waals surface area contributed by atoms with Crippen LogP contribution in [0.3, 0.4) is 0 Å². The van der Waals surface area contributed by atoms with Crippen molar-refractivity contribution in [3.8, 4) is 0 Å². The molecule has 144 valence electrons. The van der Waals surface area contributed by atoms with Crippen LogP contribution in [0.15, 0.2) is 12.2 Å². The van der Waals surface area contributed by atoms with Crippen LogP contribution in [0.1, 0.15) is 84.0 Å². The standard InChI is InChI=1S/C21H44NO2/c1-5-6-7-8-9-10-11-12-13-14-15-16-17-18-21(24)20(19-23)22(2,3)4/h17-18,20-21,23-24H,5-16,19H2,1-4H3/q+1/b18-17+/t20-,21+/m1/s1. The highest BCUT2D eigenvalue weighted by molar-refractivity contribution is 4.92. The van der Waals surface area contributed by atoms with Crippen molar-refractivity contribution in [1.29, 1.82) is 0 Å². The molecule has 24 heavy (non-hydrogen) atoms. The molecule has 0 spiro atoms. The second-order valence-corrected chi connectivity index (χ2v) is 8.11. The summed E-state index contributed by atoms with van der Waals surface area (Å²) in [5.74, 6) is 0. The van der Waals surface area contributed by atoms with Crippen molar-refractivity contribution in [2.24, 2.45) is 0 Å². The molecule has 0 rings (SSSR count). The van der Waals surface area contributed by atoms with Gasteiger partial charge in [-0.3, -0.25) is 0 Å². The predicted octanol–water partition coefficient (Wildman–Crippen LogP) is 4.67. The van der Waals surface area contributed by atoms with Gasteiger partial charge in [0.15, 0.2) is 0 Å². The van der Waals surface area contributed by atoms with E-state index in [1.807, 2.05) is 27.2 Å². The number of allylic oxidation sites excluding steroid dienone is 1. The average Bonchev–Trinajstić information content (AvgIpc) is 2.51. The Hall–Kier alpha value is -0.380. The summed E-state index contributed by atoms with van der Waals surface area (Å²) in [5, 5.41) is 19.6. The smallest absolute Gasteiger partial charge is 0.142 e. The normalized spacial score (nSPS) is 15.1. The summed E-state index contributed by atoms with van der Waals surface area (Å²) in [4.78, 5) is 0. The quantitative estimate of drug-likeness (QED) is 0.243. The third kappa shape index (κ3) is 13.0. The first-order chi connectivity index (χ1) is 11.4. The summed E-state index contributed by atoms with van der Waals surface area (Å²) in [5.41, 5.74) is 0. The highest BCUT2D eigenvalue weighted by Gasteiger charge is 2.28. The fourth-order valence-electron chi connectivity index (χ4n) is 3.10. The molecule has 0 aliphatic heterocycles. The van der Waals surface area contributed by atoms with Gasteiger partial charge in [0.1, 0.15) is 12.1 Å². The monoisotopic (exact) mass is 342 g/mol. The fourth-order valence-corrected chi connectivity index (χ4v) is 3.10. The third-order valence-electron chi connectivity index (χ3n) is 4.88. The summed E-state index contributed by atoms with van der Waals surface area (Å²) in [6.45, 7) is 2.28. The van der Waals surface area contributed by atoms with Gasteiger partial charge in [0.25, 0.3) is 0 Å². The lowest BCUT2D eigenvalue weighted by Crippen LogP contribution is -2.53. The van der Waals surface area contributed by atoms with Crippen molar-refractivity contribution in [2.45, 2.75) is 96.1 Å². The van der Waals surface area contributed by atoms with Crippen molar-refractivity contribution in [3.05, 3.63) is 12.2 Å². The lowest BCUT2D eigenvalue weighted by atomic mass is 10.0. The van der Waals surface area contributed by atoms with E-state index >= 15 is 0 Å². The van der Waals surface area contributed by atoms with E-state index in [1.54, 1.807) is 0 Å². The molecular formula is C21H44NO2+. The Balaban J connectivity index is 3.52. The minimum absolute atomic E-state index is 0.00739. The molecule has 0 aromatic heterocycles. The van der Waals surface area contributed by atoms with Crippen molar-refractivity contribution >= 4 is 0 Å². The van der Waals surface area contributed by atoms with Crippen molar-refractivity contribution in [2.75, 3.05) is 27.7 Å². The maximum absolute atomic E-state index is 10.2. The Morgan fingerprint density at radius 3 is 1.67 bits per heavy atom. The van der Waals surface area contributed by atoms with Crippen molar-refractivity contribution < 1.29 is 14.7 Å². The number of unbranched alkanes of at least 4 members (excludes halogenated alkanes) is 11. The molecule has 0 aliphatic rings. The Morgan fingerprint density at radius 1 is 0.792 bits per heavy atom. The topological polar surface area (TPSA) is 40.5 Å². The van der Waals surface area contributed by atoms with Gasteiger partial charge in [0, 0.05) is 0 Å². The number of hydrogen-bond acceptors (Lipinski definition) is 2. The first-order valence-electron chi connectivity index (χ1n) is 10.2. The van der Waals surface area contributed by atoms with E-state index in [-0.39, 0.29) is 12.6 Å². The van der Waals surface area contributed by atoms with Gasteiger partial charge in [-0.25, -0.2) is 0 Å². The van der Waals surface area contributed by atoms with Crippen LogP contribution < -0.4 is 0 Å². The zero-order valence-corrected chi connectivity index (χ0v) is 16.8. The minimum atomic E-state index is -0.567. The molecule has 3 nitrogen and oxygen atoms in total. The van der Waals surface area contributed by atoms with E-state index in [4.69, 9.17) is 0 Å². The number of quaternary nitrogens is 1. The number of hydrogen-bond donors (Lipinski definition) is 2. The molecule has 0 aliphatic carbocycles. The zero-order valence-electron chi connectivity index (χ0n) is 16.8. The number of likely N-dealkylation sites (N-methyl/N-ethyl adjacent to an activating group) is 1. The number of aliphatic hydroxyl groups excluding tert-OH is 2. The molecule has 0 fully saturated rings. The summed E-state index contributed by atoms with van der Waals surface area (Å²) in [6, 6.07) is -0.154. The van der Waals surface area contributed by atoms with Crippen LogP contribution in [0, 0.1) is 0 Å². The summed E-state index contributed by atoms with van der Waals surface area (Å²) >= 11 is 0. The van der Waals surface area contributed by atoms with Gasteiger partial charge < -0.3 is 14.7 Å². The molecule has 2 atom stereocenters. The van der Waals surface area contributed by atoms with E-state index in [9.17, 15) is 10.2 Å². The maximum atomic E-state index is 10.2. The van der Waals surface area contributed by atoms with E-state index < -0.39 is 6.10 Å². The number of aliphatic hydroxyl groups is 2. The molecule has 0 aromatic carbocycles. The predicted molar refractivity (Wildman–Crippen MR) is 105 cm³/mol. The number of rotatable bonds is 16.